The second kappa shape index (κ2) is 5.89. The molecular formula is C17H18N4O. The number of ether oxygens (including phenoxy) is 1. The van der Waals surface area contributed by atoms with Crippen molar-refractivity contribution >= 4 is 5.82 Å². The maximum absolute atomic E-state index is 6.01. The molecule has 22 heavy (non-hydrogen) atoms. The molecule has 0 fully saturated rings. The number of nitrogen functional groups attached to an aromatic ring is 1. The Balaban J connectivity index is 1.98. The molecule has 0 saturated heterocycles. The van der Waals surface area contributed by atoms with Crippen molar-refractivity contribution in [2.24, 2.45) is 0 Å². The molecule has 2 aromatic heterocycles. The number of methoxy groups -OCH3 is 1. The topological polar surface area (TPSA) is 66.0 Å². The molecular weight excluding hydrogens is 276 g/mol. The number of benzene rings is 1. The Morgan fingerprint density at radius 2 is 1.77 bits per heavy atom. The average Bonchev–Trinajstić information content (AvgIpc) is 2.83. The van der Waals surface area contributed by atoms with Crippen molar-refractivity contribution in [1.82, 2.24) is 14.8 Å². The molecule has 0 aliphatic rings. The molecule has 0 saturated carbocycles. The highest BCUT2D eigenvalue weighted by atomic mass is 16.5. The first-order chi connectivity index (χ1) is 10.7. The quantitative estimate of drug-likeness (QED) is 0.803. The number of hydrogen-bond acceptors (Lipinski definition) is 4. The van der Waals surface area contributed by atoms with E-state index in [9.17, 15) is 0 Å². The summed E-state index contributed by atoms with van der Waals surface area (Å²) in [5.41, 5.74) is 10.2. The summed E-state index contributed by atoms with van der Waals surface area (Å²) in [6, 6.07) is 11.9. The van der Waals surface area contributed by atoms with Gasteiger partial charge in [-0.2, -0.15) is 5.10 Å². The molecule has 112 valence electrons. The molecule has 0 bridgehead atoms. The fraction of sp³-hybridized carbons (Fsp3) is 0.176. The third-order valence-electron chi connectivity index (χ3n) is 3.67. The Bertz CT molecular complexity index is 763. The Labute approximate surface area is 129 Å². The molecule has 0 aliphatic heterocycles. The zero-order chi connectivity index (χ0) is 15.5. The molecule has 5 heteroatoms. The maximum atomic E-state index is 6.01. The first-order valence-electron chi connectivity index (χ1n) is 7.05. The minimum Gasteiger partial charge on any atom is -0.497 e. The van der Waals surface area contributed by atoms with Crippen LogP contribution in [-0.4, -0.2) is 21.9 Å². The predicted octanol–water partition coefficient (Wildman–Crippen LogP) is 2.89. The highest BCUT2D eigenvalue weighted by molar-refractivity contribution is 5.68. The Hall–Kier alpha value is -2.82. The molecule has 0 atom stereocenters. The summed E-state index contributed by atoms with van der Waals surface area (Å²) in [7, 11) is 1.66. The highest BCUT2D eigenvalue weighted by Gasteiger charge is 2.14. The third-order valence-corrected chi connectivity index (χ3v) is 3.67. The van der Waals surface area contributed by atoms with Crippen molar-refractivity contribution in [3.63, 3.8) is 0 Å². The van der Waals surface area contributed by atoms with Gasteiger partial charge in [-0.1, -0.05) is 12.1 Å². The lowest BCUT2D eigenvalue weighted by atomic mass is 10.1. The second-order valence-electron chi connectivity index (χ2n) is 5.10. The van der Waals surface area contributed by atoms with Crippen LogP contribution in [0.4, 0.5) is 5.82 Å². The van der Waals surface area contributed by atoms with E-state index in [2.05, 4.69) is 10.1 Å². The van der Waals surface area contributed by atoms with Crippen molar-refractivity contribution in [1.29, 1.82) is 0 Å². The number of nitrogens with two attached hydrogens (primary N) is 1. The molecule has 3 aromatic rings. The lowest BCUT2D eigenvalue weighted by Crippen LogP contribution is -2.04. The van der Waals surface area contributed by atoms with Gasteiger partial charge < -0.3 is 10.5 Å². The highest BCUT2D eigenvalue weighted by Crippen LogP contribution is 2.27. The molecule has 0 spiro atoms. The summed E-state index contributed by atoms with van der Waals surface area (Å²) in [6.07, 6.45) is 3.55. The first kappa shape index (κ1) is 14.1. The summed E-state index contributed by atoms with van der Waals surface area (Å²) in [6.45, 7) is 2.64. The van der Waals surface area contributed by atoms with Gasteiger partial charge in [0.25, 0.3) is 0 Å². The van der Waals surface area contributed by atoms with Crippen molar-refractivity contribution in [2.45, 2.75) is 13.5 Å². The molecule has 3 rings (SSSR count). The zero-order valence-corrected chi connectivity index (χ0v) is 12.7. The van der Waals surface area contributed by atoms with E-state index < -0.39 is 0 Å². The summed E-state index contributed by atoms with van der Waals surface area (Å²) in [5.74, 6) is 1.40. The van der Waals surface area contributed by atoms with E-state index in [0.29, 0.717) is 12.4 Å². The number of nitrogens with zero attached hydrogens (tertiary/aromatic N) is 3. The fourth-order valence-corrected chi connectivity index (χ4v) is 2.46. The van der Waals surface area contributed by atoms with Gasteiger partial charge in [-0.05, 0) is 36.8 Å². The molecule has 2 heterocycles. The normalized spacial score (nSPS) is 10.6. The van der Waals surface area contributed by atoms with E-state index in [-0.39, 0.29) is 0 Å². The van der Waals surface area contributed by atoms with Crippen molar-refractivity contribution in [3.8, 4) is 17.0 Å². The van der Waals surface area contributed by atoms with Crippen LogP contribution >= 0.6 is 0 Å². The Morgan fingerprint density at radius 3 is 2.41 bits per heavy atom. The van der Waals surface area contributed by atoms with Crippen LogP contribution < -0.4 is 10.5 Å². The van der Waals surface area contributed by atoms with Gasteiger partial charge in [-0.25, -0.2) is 0 Å². The van der Waals surface area contributed by atoms with Crippen LogP contribution in [0.3, 0.4) is 0 Å². The lowest BCUT2D eigenvalue weighted by molar-refractivity contribution is 0.414. The molecule has 0 amide bonds. The lowest BCUT2D eigenvalue weighted by Gasteiger charge is -2.09. The van der Waals surface area contributed by atoms with Gasteiger partial charge in [-0.15, -0.1) is 0 Å². The molecule has 0 unspecified atom stereocenters. The van der Waals surface area contributed by atoms with Crippen LogP contribution in [0.5, 0.6) is 5.75 Å². The minimum atomic E-state index is 0.556. The number of pyridine rings is 1. The van der Waals surface area contributed by atoms with E-state index in [4.69, 9.17) is 10.5 Å². The number of aromatic nitrogens is 3. The van der Waals surface area contributed by atoms with Gasteiger partial charge in [0.1, 0.15) is 11.6 Å². The minimum absolute atomic E-state index is 0.556. The van der Waals surface area contributed by atoms with Gasteiger partial charge in [-0.3, -0.25) is 9.67 Å². The molecule has 0 radical (unpaired) electrons. The average molecular weight is 294 g/mol. The maximum Gasteiger partial charge on any atom is 0.149 e. The van der Waals surface area contributed by atoms with E-state index in [0.717, 1.165) is 28.1 Å². The van der Waals surface area contributed by atoms with E-state index in [1.165, 1.54) is 0 Å². The van der Waals surface area contributed by atoms with E-state index >= 15 is 0 Å². The first-order valence-corrected chi connectivity index (χ1v) is 7.05. The third kappa shape index (κ3) is 2.65. The van der Waals surface area contributed by atoms with Gasteiger partial charge >= 0.3 is 0 Å². The molecule has 2 N–H and O–H groups in total. The summed E-state index contributed by atoms with van der Waals surface area (Å²) in [4.78, 5) is 4.07. The molecule has 1 aromatic carbocycles. The standard InChI is InChI=1S/C17H18N4O/c1-12-16(14-7-9-19-10-8-14)21(20-17(12)18)11-13-3-5-15(22-2)6-4-13/h3-10H,11H2,1-2H3,(H2,18,20). The van der Waals surface area contributed by atoms with Gasteiger partial charge in [0.05, 0.1) is 19.3 Å². The van der Waals surface area contributed by atoms with Gasteiger partial charge in [0.15, 0.2) is 0 Å². The van der Waals surface area contributed by atoms with E-state index in [1.54, 1.807) is 19.5 Å². The predicted molar refractivity (Wildman–Crippen MR) is 86.7 cm³/mol. The van der Waals surface area contributed by atoms with Crippen LogP contribution in [-0.2, 0) is 6.54 Å². The summed E-state index contributed by atoms with van der Waals surface area (Å²) >= 11 is 0. The zero-order valence-electron chi connectivity index (χ0n) is 12.7. The number of rotatable bonds is 4. The van der Waals surface area contributed by atoms with Crippen molar-refractivity contribution < 1.29 is 4.74 Å². The van der Waals surface area contributed by atoms with Gasteiger partial charge in [0, 0.05) is 23.5 Å². The molecule has 5 nitrogen and oxygen atoms in total. The monoisotopic (exact) mass is 294 g/mol. The van der Waals surface area contributed by atoms with Crippen molar-refractivity contribution in [3.05, 3.63) is 59.9 Å². The number of hydrogen-bond donors (Lipinski definition) is 1. The van der Waals surface area contributed by atoms with Crippen LogP contribution in [0.15, 0.2) is 48.8 Å². The van der Waals surface area contributed by atoms with E-state index in [1.807, 2.05) is 48.0 Å². The Kier molecular flexibility index (Phi) is 3.78. The fourth-order valence-electron chi connectivity index (χ4n) is 2.46. The largest absolute Gasteiger partial charge is 0.497 e. The Morgan fingerprint density at radius 1 is 1.09 bits per heavy atom. The smallest absolute Gasteiger partial charge is 0.149 e. The second-order valence-corrected chi connectivity index (χ2v) is 5.10. The van der Waals surface area contributed by atoms with Crippen LogP contribution in [0.1, 0.15) is 11.1 Å². The summed E-state index contributed by atoms with van der Waals surface area (Å²) < 4.78 is 7.12. The van der Waals surface area contributed by atoms with Crippen LogP contribution in [0.25, 0.3) is 11.3 Å². The van der Waals surface area contributed by atoms with Crippen molar-refractivity contribution in [2.75, 3.05) is 12.8 Å². The van der Waals surface area contributed by atoms with Gasteiger partial charge in [0.2, 0.25) is 0 Å². The van der Waals surface area contributed by atoms with Crippen LogP contribution in [0.2, 0.25) is 0 Å². The summed E-state index contributed by atoms with van der Waals surface area (Å²) in [5, 5.41) is 4.47. The van der Waals surface area contributed by atoms with Crippen LogP contribution in [0, 0.1) is 6.92 Å². The SMILES string of the molecule is COc1ccc(Cn2nc(N)c(C)c2-c2ccncc2)cc1. The molecule has 0 aliphatic carbocycles. The number of anilines is 1.